The van der Waals surface area contributed by atoms with E-state index < -0.39 is 0 Å². The fourth-order valence-electron chi connectivity index (χ4n) is 3.37. The van der Waals surface area contributed by atoms with Crippen LogP contribution in [-0.4, -0.2) is 35.9 Å². The smallest absolute Gasteiger partial charge is 0.190 e. The molecule has 0 amide bonds. The summed E-state index contributed by atoms with van der Waals surface area (Å²) in [4.78, 5) is 4.34. The molecule has 5 nitrogen and oxygen atoms in total. The van der Waals surface area contributed by atoms with Crippen LogP contribution >= 0.6 is 24.0 Å². The van der Waals surface area contributed by atoms with Crippen LogP contribution < -0.4 is 10.6 Å². The summed E-state index contributed by atoms with van der Waals surface area (Å²) in [6.45, 7) is 7.54. The Balaban J connectivity index is 0.00000264. The SMILES string of the molecule is CN=C(NCCCn1cccn1)NCC1(CC(C)C)CCC1.I. The molecule has 1 aliphatic rings. The van der Waals surface area contributed by atoms with E-state index in [1.165, 1.54) is 25.7 Å². The Morgan fingerprint density at radius 3 is 2.65 bits per heavy atom. The molecule has 0 saturated heterocycles. The van der Waals surface area contributed by atoms with Crippen molar-refractivity contribution in [3.63, 3.8) is 0 Å². The molecule has 1 saturated carbocycles. The number of guanidine groups is 1. The first-order valence-electron chi connectivity index (χ1n) is 8.55. The molecule has 1 aromatic rings. The molecule has 0 radical (unpaired) electrons. The molecule has 6 heteroatoms. The molecule has 2 rings (SSSR count). The fourth-order valence-corrected chi connectivity index (χ4v) is 3.37. The van der Waals surface area contributed by atoms with Crippen molar-refractivity contribution in [2.75, 3.05) is 20.1 Å². The maximum atomic E-state index is 4.34. The lowest BCUT2D eigenvalue weighted by Gasteiger charge is -2.43. The monoisotopic (exact) mass is 433 g/mol. The molecule has 1 heterocycles. The van der Waals surface area contributed by atoms with Gasteiger partial charge in [-0.15, -0.1) is 24.0 Å². The molecule has 0 atom stereocenters. The quantitative estimate of drug-likeness (QED) is 0.286. The number of aliphatic imine (C=N–C) groups is 1. The van der Waals surface area contributed by atoms with Crippen LogP contribution in [0.5, 0.6) is 0 Å². The van der Waals surface area contributed by atoms with E-state index in [0.29, 0.717) is 5.41 Å². The van der Waals surface area contributed by atoms with Gasteiger partial charge in [-0.05, 0) is 43.1 Å². The minimum atomic E-state index is 0. The van der Waals surface area contributed by atoms with E-state index >= 15 is 0 Å². The van der Waals surface area contributed by atoms with Crippen LogP contribution in [0.4, 0.5) is 0 Å². The van der Waals surface area contributed by atoms with Gasteiger partial charge in [0, 0.05) is 39.1 Å². The molecular weight excluding hydrogens is 401 g/mol. The minimum absolute atomic E-state index is 0. The number of nitrogens with one attached hydrogen (secondary N) is 2. The first-order chi connectivity index (χ1) is 10.6. The second-order valence-corrected chi connectivity index (χ2v) is 6.93. The van der Waals surface area contributed by atoms with Crippen LogP contribution in [0.25, 0.3) is 0 Å². The number of hydrogen-bond acceptors (Lipinski definition) is 2. The first-order valence-corrected chi connectivity index (χ1v) is 8.55. The zero-order valence-electron chi connectivity index (χ0n) is 14.7. The van der Waals surface area contributed by atoms with Crippen molar-refractivity contribution >= 4 is 29.9 Å². The van der Waals surface area contributed by atoms with E-state index in [4.69, 9.17) is 0 Å². The number of nitrogens with zero attached hydrogens (tertiary/aromatic N) is 3. The van der Waals surface area contributed by atoms with Crippen molar-refractivity contribution in [3.05, 3.63) is 18.5 Å². The zero-order valence-corrected chi connectivity index (χ0v) is 17.0. The second kappa shape index (κ2) is 10.2. The Morgan fingerprint density at radius 1 is 1.35 bits per heavy atom. The molecule has 23 heavy (non-hydrogen) atoms. The van der Waals surface area contributed by atoms with Crippen LogP contribution in [0.1, 0.15) is 46.0 Å². The summed E-state index contributed by atoms with van der Waals surface area (Å²) in [5.41, 5.74) is 0.501. The van der Waals surface area contributed by atoms with E-state index in [0.717, 1.165) is 37.9 Å². The van der Waals surface area contributed by atoms with Gasteiger partial charge in [-0.2, -0.15) is 5.10 Å². The Hall–Kier alpha value is -0.790. The lowest BCUT2D eigenvalue weighted by atomic mass is 9.64. The minimum Gasteiger partial charge on any atom is -0.356 e. The Labute approximate surface area is 157 Å². The number of halogens is 1. The number of aromatic nitrogens is 2. The molecular formula is C17H32IN5. The highest BCUT2D eigenvalue weighted by Gasteiger charge is 2.37. The molecule has 0 aromatic carbocycles. The van der Waals surface area contributed by atoms with Crippen LogP contribution in [-0.2, 0) is 6.54 Å². The second-order valence-electron chi connectivity index (χ2n) is 6.93. The van der Waals surface area contributed by atoms with Crippen molar-refractivity contribution in [3.8, 4) is 0 Å². The lowest BCUT2D eigenvalue weighted by molar-refractivity contribution is 0.104. The summed E-state index contributed by atoms with van der Waals surface area (Å²) in [7, 11) is 1.85. The molecule has 0 bridgehead atoms. The van der Waals surface area contributed by atoms with Crippen LogP contribution in [0.2, 0.25) is 0 Å². The van der Waals surface area contributed by atoms with Gasteiger partial charge < -0.3 is 10.6 Å². The third-order valence-electron chi connectivity index (χ3n) is 4.53. The van der Waals surface area contributed by atoms with Crippen molar-refractivity contribution in [2.45, 2.75) is 52.5 Å². The first kappa shape index (κ1) is 20.3. The fraction of sp³-hybridized carbons (Fsp3) is 0.765. The van der Waals surface area contributed by atoms with Gasteiger partial charge in [0.05, 0.1) is 0 Å². The van der Waals surface area contributed by atoms with Crippen LogP contribution in [0.15, 0.2) is 23.5 Å². The van der Waals surface area contributed by atoms with Gasteiger partial charge in [0.2, 0.25) is 0 Å². The molecule has 132 valence electrons. The van der Waals surface area contributed by atoms with Crippen LogP contribution in [0.3, 0.4) is 0 Å². The third kappa shape index (κ3) is 6.69. The van der Waals surface area contributed by atoms with E-state index in [1.807, 2.05) is 30.2 Å². The van der Waals surface area contributed by atoms with Crippen LogP contribution in [0, 0.1) is 11.3 Å². The molecule has 2 N–H and O–H groups in total. The molecule has 1 aliphatic carbocycles. The van der Waals surface area contributed by atoms with Gasteiger partial charge in [0.15, 0.2) is 5.96 Å². The predicted octanol–water partition coefficient (Wildman–Crippen LogP) is 3.27. The Morgan fingerprint density at radius 2 is 2.13 bits per heavy atom. The van der Waals surface area contributed by atoms with Gasteiger partial charge in [-0.25, -0.2) is 0 Å². The Kier molecular flexibility index (Phi) is 8.94. The molecule has 1 fully saturated rings. The van der Waals surface area contributed by atoms with Gasteiger partial charge in [0.1, 0.15) is 0 Å². The van der Waals surface area contributed by atoms with E-state index in [2.05, 4.69) is 34.6 Å². The summed E-state index contributed by atoms with van der Waals surface area (Å²) >= 11 is 0. The van der Waals surface area contributed by atoms with Crippen molar-refractivity contribution in [2.24, 2.45) is 16.3 Å². The summed E-state index contributed by atoms with van der Waals surface area (Å²) < 4.78 is 1.96. The summed E-state index contributed by atoms with van der Waals surface area (Å²) in [5, 5.41) is 11.1. The van der Waals surface area contributed by atoms with Gasteiger partial charge in [0.25, 0.3) is 0 Å². The molecule has 0 unspecified atom stereocenters. The summed E-state index contributed by atoms with van der Waals surface area (Å²) in [5.74, 6) is 1.70. The molecule has 0 spiro atoms. The Bertz CT molecular complexity index is 452. The lowest BCUT2D eigenvalue weighted by Crippen LogP contribution is -2.47. The zero-order chi connectivity index (χ0) is 15.8. The maximum absolute atomic E-state index is 4.34. The number of rotatable bonds is 8. The van der Waals surface area contributed by atoms with Gasteiger partial charge in [-0.1, -0.05) is 20.3 Å². The van der Waals surface area contributed by atoms with Gasteiger partial charge >= 0.3 is 0 Å². The predicted molar refractivity (Wildman–Crippen MR) is 107 cm³/mol. The summed E-state index contributed by atoms with van der Waals surface area (Å²) in [6.07, 6.45) is 10.3. The average Bonchev–Trinajstić information content (AvgIpc) is 2.96. The molecule has 0 aliphatic heterocycles. The molecule has 1 aromatic heterocycles. The highest BCUT2D eigenvalue weighted by molar-refractivity contribution is 14.0. The van der Waals surface area contributed by atoms with Crippen molar-refractivity contribution < 1.29 is 0 Å². The third-order valence-corrected chi connectivity index (χ3v) is 4.53. The van der Waals surface area contributed by atoms with Crippen molar-refractivity contribution in [1.82, 2.24) is 20.4 Å². The van der Waals surface area contributed by atoms with Crippen molar-refractivity contribution in [1.29, 1.82) is 0 Å². The van der Waals surface area contributed by atoms with E-state index in [-0.39, 0.29) is 24.0 Å². The number of hydrogen-bond donors (Lipinski definition) is 2. The maximum Gasteiger partial charge on any atom is 0.190 e. The standard InChI is InChI=1S/C17H31N5.HI/c1-15(2)13-17(7-4-8-17)14-20-16(18-3)19-9-5-11-22-12-6-10-21-22;/h6,10,12,15H,4-5,7-9,11,13-14H2,1-3H3,(H2,18,19,20);1H. The topological polar surface area (TPSA) is 54.2 Å². The largest absolute Gasteiger partial charge is 0.356 e. The van der Waals surface area contributed by atoms with E-state index in [9.17, 15) is 0 Å². The summed E-state index contributed by atoms with van der Waals surface area (Å²) in [6, 6.07) is 1.96. The normalized spacial score (nSPS) is 16.6. The highest BCUT2D eigenvalue weighted by Crippen LogP contribution is 2.45. The number of aryl methyl sites for hydroxylation is 1. The van der Waals surface area contributed by atoms with Gasteiger partial charge in [-0.3, -0.25) is 9.67 Å². The average molecular weight is 433 g/mol. The highest BCUT2D eigenvalue weighted by atomic mass is 127. The van der Waals surface area contributed by atoms with E-state index in [1.54, 1.807) is 0 Å².